The van der Waals surface area contributed by atoms with E-state index in [1.54, 1.807) is 24.5 Å². The van der Waals surface area contributed by atoms with E-state index in [-0.39, 0.29) is 18.4 Å². The Morgan fingerprint density at radius 1 is 1.53 bits per heavy atom. The highest BCUT2D eigenvalue weighted by molar-refractivity contribution is 7.88. The van der Waals surface area contributed by atoms with E-state index in [0.29, 0.717) is 25.1 Å². The van der Waals surface area contributed by atoms with E-state index in [1.807, 2.05) is 0 Å². The number of hydrogen-bond donors (Lipinski definition) is 1. The molecular formula is C12H17N3O3S. The highest BCUT2D eigenvalue weighted by atomic mass is 32.2. The SMILES string of the molecule is CS(=O)(=O)N1CCCC(C(=O)Nc2cccnc2)C1. The van der Waals surface area contributed by atoms with Gasteiger partial charge in [-0.25, -0.2) is 12.7 Å². The molecule has 0 spiro atoms. The van der Waals surface area contributed by atoms with Gasteiger partial charge in [0, 0.05) is 19.3 Å². The summed E-state index contributed by atoms with van der Waals surface area (Å²) < 4.78 is 24.4. The highest BCUT2D eigenvalue weighted by Gasteiger charge is 2.30. The zero-order valence-corrected chi connectivity index (χ0v) is 11.6. The third kappa shape index (κ3) is 3.74. The molecule has 0 radical (unpaired) electrons. The molecule has 1 aromatic rings. The van der Waals surface area contributed by atoms with Crippen molar-refractivity contribution >= 4 is 21.6 Å². The number of anilines is 1. The van der Waals surface area contributed by atoms with Gasteiger partial charge < -0.3 is 5.32 Å². The van der Waals surface area contributed by atoms with Gasteiger partial charge in [0.05, 0.1) is 24.1 Å². The van der Waals surface area contributed by atoms with E-state index >= 15 is 0 Å². The second-order valence-electron chi connectivity index (χ2n) is 4.69. The lowest BCUT2D eigenvalue weighted by atomic mass is 9.99. The Morgan fingerprint density at radius 2 is 2.32 bits per heavy atom. The quantitative estimate of drug-likeness (QED) is 0.885. The Labute approximate surface area is 112 Å². The van der Waals surface area contributed by atoms with Gasteiger partial charge in [-0.2, -0.15) is 0 Å². The van der Waals surface area contributed by atoms with Crippen molar-refractivity contribution in [1.82, 2.24) is 9.29 Å². The third-order valence-electron chi connectivity index (χ3n) is 3.15. The molecule has 6 nitrogen and oxygen atoms in total. The molecule has 0 saturated carbocycles. The zero-order chi connectivity index (χ0) is 13.9. The fraction of sp³-hybridized carbons (Fsp3) is 0.500. The average Bonchev–Trinajstić information content (AvgIpc) is 2.39. The number of nitrogens with one attached hydrogen (secondary N) is 1. The normalized spacial score (nSPS) is 21.0. The number of sulfonamides is 1. The van der Waals surface area contributed by atoms with Gasteiger partial charge >= 0.3 is 0 Å². The number of pyridine rings is 1. The van der Waals surface area contributed by atoms with Crippen LogP contribution in [0.1, 0.15) is 12.8 Å². The van der Waals surface area contributed by atoms with Crippen LogP contribution in [0.2, 0.25) is 0 Å². The largest absolute Gasteiger partial charge is 0.324 e. The fourth-order valence-electron chi connectivity index (χ4n) is 2.14. The van der Waals surface area contributed by atoms with Gasteiger partial charge in [0.2, 0.25) is 15.9 Å². The Bertz CT molecular complexity index is 545. The predicted molar refractivity (Wildman–Crippen MR) is 72.0 cm³/mol. The number of nitrogens with zero attached hydrogens (tertiary/aromatic N) is 2. The van der Waals surface area contributed by atoms with Crippen molar-refractivity contribution in [1.29, 1.82) is 0 Å². The Morgan fingerprint density at radius 3 is 2.95 bits per heavy atom. The summed E-state index contributed by atoms with van der Waals surface area (Å²) >= 11 is 0. The smallest absolute Gasteiger partial charge is 0.228 e. The Hall–Kier alpha value is -1.47. The second-order valence-corrected chi connectivity index (χ2v) is 6.67. The number of amides is 1. The van der Waals surface area contributed by atoms with Crippen LogP contribution in [-0.4, -0.2) is 43.0 Å². The van der Waals surface area contributed by atoms with Crippen LogP contribution in [0.3, 0.4) is 0 Å². The molecule has 1 amide bonds. The van der Waals surface area contributed by atoms with E-state index < -0.39 is 10.0 Å². The van der Waals surface area contributed by atoms with E-state index in [9.17, 15) is 13.2 Å². The van der Waals surface area contributed by atoms with Gasteiger partial charge in [-0.05, 0) is 25.0 Å². The van der Waals surface area contributed by atoms with Crippen molar-refractivity contribution in [3.63, 3.8) is 0 Å². The van der Waals surface area contributed by atoms with Crippen LogP contribution in [0, 0.1) is 5.92 Å². The number of carbonyl (C=O) groups excluding carboxylic acids is 1. The van der Waals surface area contributed by atoms with Crippen LogP contribution in [0.5, 0.6) is 0 Å². The number of rotatable bonds is 3. The lowest BCUT2D eigenvalue weighted by Gasteiger charge is -2.30. The van der Waals surface area contributed by atoms with Gasteiger partial charge in [0.15, 0.2) is 0 Å². The van der Waals surface area contributed by atoms with Gasteiger partial charge in [-0.15, -0.1) is 0 Å². The van der Waals surface area contributed by atoms with Crippen molar-refractivity contribution in [3.8, 4) is 0 Å². The van der Waals surface area contributed by atoms with E-state index in [1.165, 1.54) is 10.6 Å². The molecule has 1 aromatic heterocycles. The summed E-state index contributed by atoms with van der Waals surface area (Å²) in [6.45, 7) is 0.750. The summed E-state index contributed by atoms with van der Waals surface area (Å²) in [5.74, 6) is -0.454. The molecule has 7 heteroatoms. The van der Waals surface area contributed by atoms with Crippen LogP contribution >= 0.6 is 0 Å². The first-order chi connectivity index (χ1) is 8.97. The van der Waals surface area contributed by atoms with Gasteiger partial charge in [-0.3, -0.25) is 9.78 Å². The third-order valence-corrected chi connectivity index (χ3v) is 4.42. The van der Waals surface area contributed by atoms with Crippen LogP contribution < -0.4 is 5.32 Å². The molecule has 1 N–H and O–H groups in total. The molecule has 0 aromatic carbocycles. The van der Waals surface area contributed by atoms with Gasteiger partial charge in [0.25, 0.3) is 0 Å². The lowest BCUT2D eigenvalue weighted by molar-refractivity contribution is -0.120. The molecule has 1 atom stereocenters. The molecule has 2 rings (SSSR count). The predicted octanol–water partition coefficient (Wildman–Crippen LogP) is 0.692. The summed E-state index contributed by atoms with van der Waals surface area (Å²) in [5.41, 5.74) is 0.629. The van der Waals surface area contributed by atoms with E-state index in [2.05, 4.69) is 10.3 Å². The van der Waals surface area contributed by atoms with Crippen LogP contribution in [0.25, 0.3) is 0 Å². The second kappa shape index (κ2) is 5.66. The first-order valence-corrected chi connectivity index (χ1v) is 7.97. The molecule has 0 bridgehead atoms. The summed E-state index contributed by atoms with van der Waals surface area (Å²) in [7, 11) is -3.22. The Balaban J connectivity index is 2.00. The molecule has 1 unspecified atom stereocenters. The Kier molecular flexibility index (Phi) is 4.16. The molecule has 1 saturated heterocycles. The van der Waals surface area contributed by atoms with Crippen LogP contribution in [0.15, 0.2) is 24.5 Å². The summed E-state index contributed by atoms with van der Waals surface area (Å²) in [5, 5.41) is 2.76. The lowest BCUT2D eigenvalue weighted by Crippen LogP contribution is -2.43. The van der Waals surface area contributed by atoms with Crippen molar-refractivity contribution in [2.45, 2.75) is 12.8 Å². The molecule has 104 valence electrons. The molecule has 1 fully saturated rings. The van der Waals surface area contributed by atoms with Gasteiger partial charge in [0.1, 0.15) is 0 Å². The number of carbonyl (C=O) groups is 1. The van der Waals surface area contributed by atoms with Crippen LogP contribution in [0.4, 0.5) is 5.69 Å². The van der Waals surface area contributed by atoms with Crippen molar-refractivity contribution in [3.05, 3.63) is 24.5 Å². The molecule has 2 heterocycles. The van der Waals surface area contributed by atoms with Crippen molar-refractivity contribution in [2.24, 2.45) is 5.92 Å². The minimum Gasteiger partial charge on any atom is -0.324 e. The number of aromatic nitrogens is 1. The van der Waals surface area contributed by atoms with E-state index in [0.717, 1.165) is 0 Å². The summed E-state index contributed by atoms with van der Waals surface area (Å²) in [6.07, 6.45) is 5.78. The standard InChI is InChI=1S/C12H17N3O3S/c1-19(17,18)15-7-3-4-10(9-15)12(16)14-11-5-2-6-13-8-11/h2,5-6,8,10H,3-4,7,9H2,1H3,(H,14,16). The molecule has 1 aliphatic rings. The topological polar surface area (TPSA) is 79.4 Å². The first kappa shape index (κ1) is 14.0. The zero-order valence-electron chi connectivity index (χ0n) is 10.7. The van der Waals surface area contributed by atoms with E-state index in [4.69, 9.17) is 0 Å². The average molecular weight is 283 g/mol. The molecule has 0 aliphatic carbocycles. The fourth-order valence-corrected chi connectivity index (χ4v) is 3.05. The highest BCUT2D eigenvalue weighted by Crippen LogP contribution is 2.20. The molecular weight excluding hydrogens is 266 g/mol. The van der Waals surface area contributed by atoms with Gasteiger partial charge in [-0.1, -0.05) is 0 Å². The minimum atomic E-state index is -3.22. The summed E-state index contributed by atoms with van der Waals surface area (Å²) in [6, 6.07) is 3.49. The number of hydrogen-bond acceptors (Lipinski definition) is 4. The monoisotopic (exact) mass is 283 g/mol. The van der Waals surface area contributed by atoms with Crippen molar-refractivity contribution in [2.75, 3.05) is 24.7 Å². The van der Waals surface area contributed by atoms with Crippen LogP contribution in [-0.2, 0) is 14.8 Å². The molecule has 1 aliphatic heterocycles. The molecule has 19 heavy (non-hydrogen) atoms. The first-order valence-electron chi connectivity index (χ1n) is 6.13. The van der Waals surface area contributed by atoms with Crippen molar-refractivity contribution < 1.29 is 13.2 Å². The maximum Gasteiger partial charge on any atom is 0.228 e. The maximum absolute atomic E-state index is 12.1. The summed E-state index contributed by atoms with van der Waals surface area (Å²) in [4.78, 5) is 16.0. The minimum absolute atomic E-state index is 0.152. The maximum atomic E-state index is 12.1. The number of piperidine rings is 1.